The Labute approximate surface area is 151 Å². The molecule has 0 fully saturated rings. The van der Waals surface area contributed by atoms with Crippen LogP contribution in [0.1, 0.15) is 22.3 Å². The summed E-state index contributed by atoms with van der Waals surface area (Å²) in [6.45, 7) is 8.31. The van der Waals surface area contributed by atoms with Gasteiger partial charge in [0.2, 0.25) is 0 Å². The lowest BCUT2D eigenvalue weighted by molar-refractivity contribution is 0.497. The van der Waals surface area contributed by atoms with Crippen LogP contribution in [0.25, 0.3) is 0 Å². The summed E-state index contributed by atoms with van der Waals surface area (Å²) in [6, 6.07) is 22.6. The fraction of sp³-hybridized carbons (Fsp3) is 0.182. The first kappa shape index (κ1) is 17.5. The summed E-state index contributed by atoms with van der Waals surface area (Å²) < 4.78 is 12.6. The summed E-state index contributed by atoms with van der Waals surface area (Å²) in [5.74, 6) is 1.73. The minimum absolute atomic E-state index is 0.866. The van der Waals surface area contributed by atoms with Crippen molar-refractivity contribution in [2.45, 2.75) is 27.7 Å². The highest BCUT2D eigenvalue weighted by Gasteiger charge is 2.19. The molecule has 3 aromatic carbocycles. The molecule has 2 nitrogen and oxygen atoms in total. The van der Waals surface area contributed by atoms with Crippen LogP contribution in [0.4, 0.5) is 0 Å². The molecule has 0 aliphatic rings. The second-order valence-corrected chi connectivity index (χ2v) is 7.71. The topological polar surface area (TPSA) is 18.5 Å². The van der Waals surface area contributed by atoms with E-state index in [9.17, 15) is 0 Å². The highest BCUT2D eigenvalue weighted by Crippen LogP contribution is 2.41. The summed E-state index contributed by atoms with van der Waals surface area (Å²) in [4.78, 5) is 0. The molecule has 0 heterocycles. The largest absolute Gasteiger partial charge is 0.435 e. The van der Waals surface area contributed by atoms with Crippen LogP contribution in [-0.4, -0.2) is 0 Å². The maximum atomic E-state index is 6.32. The molecule has 3 heteroatoms. The molecule has 0 saturated carbocycles. The molecule has 0 amide bonds. The van der Waals surface area contributed by atoms with Crippen molar-refractivity contribution in [3.8, 4) is 11.5 Å². The van der Waals surface area contributed by atoms with Crippen LogP contribution in [0.15, 0.2) is 66.7 Å². The van der Waals surface area contributed by atoms with Gasteiger partial charge >= 0.3 is 8.38 Å². The van der Waals surface area contributed by atoms with Crippen molar-refractivity contribution in [2.24, 2.45) is 0 Å². The van der Waals surface area contributed by atoms with E-state index < -0.39 is 8.38 Å². The van der Waals surface area contributed by atoms with Gasteiger partial charge in [-0.25, -0.2) is 0 Å². The Morgan fingerprint density at radius 1 is 0.600 bits per heavy atom. The van der Waals surface area contributed by atoms with Gasteiger partial charge in [-0.05, 0) is 63.1 Å². The maximum absolute atomic E-state index is 6.32. The monoisotopic (exact) mass is 350 g/mol. The molecule has 3 rings (SSSR count). The van der Waals surface area contributed by atoms with Crippen LogP contribution in [0.2, 0.25) is 0 Å². The molecule has 0 atom stereocenters. The van der Waals surface area contributed by atoms with Gasteiger partial charge in [-0.15, -0.1) is 0 Å². The molecule has 0 aromatic heterocycles. The average molecular weight is 350 g/mol. The normalized spacial score (nSPS) is 10.8. The zero-order valence-corrected chi connectivity index (χ0v) is 16.0. The molecule has 0 aliphatic carbocycles. The Balaban J connectivity index is 1.92. The van der Waals surface area contributed by atoms with Crippen molar-refractivity contribution in [1.29, 1.82) is 0 Å². The van der Waals surface area contributed by atoms with E-state index in [1.54, 1.807) is 0 Å². The van der Waals surface area contributed by atoms with Gasteiger partial charge in [0.25, 0.3) is 0 Å². The molecule has 0 unspecified atom stereocenters. The smallest absolute Gasteiger partial charge is 0.326 e. The summed E-state index contributed by atoms with van der Waals surface area (Å²) >= 11 is 0. The van der Waals surface area contributed by atoms with Crippen LogP contribution in [0, 0.1) is 27.7 Å². The highest BCUT2D eigenvalue weighted by molar-refractivity contribution is 7.56. The number of hydrogen-bond acceptors (Lipinski definition) is 2. The van der Waals surface area contributed by atoms with Crippen molar-refractivity contribution in [1.82, 2.24) is 0 Å². The van der Waals surface area contributed by atoms with Gasteiger partial charge in [-0.1, -0.05) is 53.6 Å². The lowest BCUT2D eigenvalue weighted by Gasteiger charge is -2.21. The van der Waals surface area contributed by atoms with E-state index in [2.05, 4.69) is 64.1 Å². The number of hydrogen-bond donors (Lipinski definition) is 0. The van der Waals surface area contributed by atoms with E-state index in [0.717, 1.165) is 27.9 Å². The second kappa shape index (κ2) is 7.72. The standard InChI is InChI=1S/C22H23O2P/c1-16-10-12-21(18(3)14-16)23-25(20-8-6-5-7-9-20)24-22-13-11-17(2)15-19(22)4/h5-15H,1-4H3. The number of rotatable bonds is 5. The summed E-state index contributed by atoms with van der Waals surface area (Å²) in [5, 5.41) is 1.05. The molecule has 0 radical (unpaired) electrons. The van der Waals surface area contributed by atoms with E-state index >= 15 is 0 Å². The second-order valence-electron chi connectivity index (χ2n) is 6.31. The quantitative estimate of drug-likeness (QED) is 0.524. The van der Waals surface area contributed by atoms with Crippen LogP contribution >= 0.6 is 8.38 Å². The zero-order chi connectivity index (χ0) is 17.8. The Morgan fingerprint density at radius 2 is 1.08 bits per heavy atom. The highest BCUT2D eigenvalue weighted by atomic mass is 31.2. The van der Waals surface area contributed by atoms with Gasteiger partial charge in [0.05, 0.1) is 5.30 Å². The first-order valence-corrected chi connectivity index (χ1v) is 9.56. The van der Waals surface area contributed by atoms with E-state index in [0.29, 0.717) is 0 Å². The van der Waals surface area contributed by atoms with Crippen molar-refractivity contribution in [3.05, 3.63) is 89.0 Å². The van der Waals surface area contributed by atoms with Crippen molar-refractivity contribution in [2.75, 3.05) is 0 Å². The Hall–Kier alpha value is -2.31. The lowest BCUT2D eigenvalue weighted by Crippen LogP contribution is -2.10. The molecular formula is C22H23O2P. The third-order valence-electron chi connectivity index (χ3n) is 3.99. The Bertz CT molecular complexity index is 806. The van der Waals surface area contributed by atoms with Crippen molar-refractivity contribution in [3.63, 3.8) is 0 Å². The fourth-order valence-electron chi connectivity index (χ4n) is 2.66. The predicted molar refractivity (Wildman–Crippen MR) is 106 cm³/mol. The van der Waals surface area contributed by atoms with E-state index in [4.69, 9.17) is 9.05 Å². The predicted octanol–water partition coefficient (Wildman–Crippen LogP) is 6.02. The fourth-order valence-corrected chi connectivity index (χ4v) is 4.09. The van der Waals surface area contributed by atoms with E-state index in [1.807, 2.05) is 30.3 Å². The molecule has 3 aromatic rings. The molecule has 0 N–H and O–H groups in total. The molecule has 0 spiro atoms. The lowest BCUT2D eigenvalue weighted by atomic mass is 10.1. The number of benzene rings is 3. The minimum Gasteiger partial charge on any atom is -0.435 e. The summed E-state index contributed by atoms with van der Waals surface area (Å²) in [5.41, 5.74) is 4.69. The zero-order valence-electron chi connectivity index (χ0n) is 15.1. The van der Waals surface area contributed by atoms with Crippen LogP contribution in [0.3, 0.4) is 0 Å². The third kappa shape index (κ3) is 4.41. The molecule has 0 saturated heterocycles. The third-order valence-corrected chi connectivity index (χ3v) is 5.44. The van der Waals surface area contributed by atoms with Crippen molar-refractivity contribution < 1.29 is 9.05 Å². The Kier molecular flexibility index (Phi) is 5.40. The van der Waals surface area contributed by atoms with Gasteiger partial charge in [0.1, 0.15) is 11.5 Å². The summed E-state index contributed by atoms with van der Waals surface area (Å²) in [7, 11) is -1.26. The van der Waals surface area contributed by atoms with Gasteiger partial charge in [-0.3, -0.25) is 0 Å². The maximum Gasteiger partial charge on any atom is 0.326 e. The number of aryl methyl sites for hydroxylation is 4. The molecular weight excluding hydrogens is 327 g/mol. The molecule has 0 aliphatic heterocycles. The van der Waals surface area contributed by atoms with E-state index in [-0.39, 0.29) is 0 Å². The van der Waals surface area contributed by atoms with Crippen molar-refractivity contribution >= 4 is 13.7 Å². The summed E-state index contributed by atoms with van der Waals surface area (Å²) in [6.07, 6.45) is 0. The van der Waals surface area contributed by atoms with Gasteiger partial charge in [0, 0.05) is 0 Å². The van der Waals surface area contributed by atoms with Crippen LogP contribution < -0.4 is 14.4 Å². The first-order valence-electron chi connectivity index (χ1n) is 8.38. The average Bonchev–Trinajstić information content (AvgIpc) is 2.59. The van der Waals surface area contributed by atoms with Gasteiger partial charge in [-0.2, -0.15) is 0 Å². The van der Waals surface area contributed by atoms with Crippen LogP contribution in [-0.2, 0) is 0 Å². The molecule has 25 heavy (non-hydrogen) atoms. The SMILES string of the molecule is Cc1ccc(OP(Oc2ccc(C)cc2C)c2ccccc2)c(C)c1. The molecule has 128 valence electrons. The van der Waals surface area contributed by atoms with Gasteiger partial charge < -0.3 is 9.05 Å². The molecule has 0 bridgehead atoms. The van der Waals surface area contributed by atoms with Crippen LogP contribution in [0.5, 0.6) is 11.5 Å². The first-order chi connectivity index (χ1) is 12.0. The van der Waals surface area contributed by atoms with Gasteiger partial charge in [0.15, 0.2) is 0 Å². The minimum atomic E-state index is -1.26. The Morgan fingerprint density at radius 3 is 1.52 bits per heavy atom. The van der Waals surface area contributed by atoms with E-state index in [1.165, 1.54) is 11.1 Å².